The number of hydrogen-bond acceptors (Lipinski definition) is 4. The van der Waals surface area contributed by atoms with Gasteiger partial charge in [0.2, 0.25) is 0 Å². The first-order chi connectivity index (χ1) is 7.85. The Morgan fingerprint density at radius 1 is 1.38 bits per heavy atom. The van der Waals surface area contributed by atoms with Crippen LogP contribution in [0, 0.1) is 11.3 Å². The second-order valence-corrected chi connectivity index (χ2v) is 3.90. The summed E-state index contributed by atoms with van der Waals surface area (Å²) in [5, 5.41) is 9.00. The molecule has 2 heterocycles. The van der Waals surface area contributed by atoms with E-state index in [9.17, 15) is 0 Å². The van der Waals surface area contributed by atoms with Gasteiger partial charge in [-0.2, -0.15) is 5.26 Å². The van der Waals surface area contributed by atoms with Gasteiger partial charge in [0, 0.05) is 32.4 Å². The molecule has 0 N–H and O–H groups in total. The molecular weight excluding hydrogens is 200 g/mol. The number of piperazine rings is 1. The second kappa shape index (κ2) is 4.95. The van der Waals surface area contributed by atoms with Crippen LogP contribution in [0.5, 0.6) is 0 Å². The monoisotopic (exact) mass is 216 g/mol. The fourth-order valence-corrected chi connectivity index (χ4v) is 2.04. The topological polar surface area (TPSA) is 43.2 Å². The number of aromatic nitrogens is 1. The molecular formula is C12H16N4. The van der Waals surface area contributed by atoms with Gasteiger partial charge in [-0.05, 0) is 18.7 Å². The van der Waals surface area contributed by atoms with E-state index < -0.39 is 0 Å². The number of nitrogens with zero attached hydrogens (tertiary/aromatic N) is 4. The molecule has 1 saturated heterocycles. The van der Waals surface area contributed by atoms with Crippen LogP contribution in [-0.2, 0) is 0 Å². The number of hydrogen-bond donors (Lipinski definition) is 0. The molecule has 0 aliphatic carbocycles. The predicted molar refractivity (Wildman–Crippen MR) is 63.3 cm³/mol. The summed E-state index contributed by atoms with van der Waals surface area (Å²) in [6.07, 6.45) is 1.67. The molecule has 1 aromatic heterocycles. The molecule has 0 amide bonds. The van der Waals surface area contributed by atoms with Crippen LogP contribution < -0.4 is 4.90 Å². The highest BCUT2D eigenvalue weighted by atomic mass is 15.3. The Kier molecular flexibility index (Phi) is 3.37. The number of anilines is 1. The Bertz CT molecular complexity index is 388. The van der Waals surface area contributed by atoms with Gasteiger partial charge in [-0.15, -0.1) is 0 Å². The van der Waals surface area contributed by atoms with Gasteiger partial charge >= 0.3 is 0 Å². The van der Waals surface area contributed by atoms with Crippen LogP contribution in [0.1, 0.15) is 12.6 Å². The van der Waals surface area contributed by atoms with Gasteiger partial charge in [-0.1, -0.05) is 6.92 Å². The van der Waals surface area contributed by atoms with Crippen molar-refractivity contribution in [1.82, 2.24) is 9.88 Å². The van der Waals surface area contributed by atoms with Crippen molar-refractivity contribution in [2.75, 3.05) is 37.6 Å². The number of likely N-dealkylation sites (N-methyl/N-ethyl adjacent to an activating group) is 1. The summed E-state index contributed by atoms with van der Waals surface area (Å²) < 4.78 is 0. The van der Waals surface area contributed by atoms with Crippen LogP contribution in [0.25, 0.3) is 0 Å². The molecule has 0 aromatic carbocycles. The molecule has 4 heteroatoms. The summed E-state index contributed by atoms with van der Waals surface area (Å²) in [5.74, 6) is 0. The zero-order valence-electron chi connectivity index (χ0n) is 9.56. The van der Waals surface area contributed by atoms with Crippen molar-refractivity contribution in [3.8, 4) is 6.07 Å². The van der Waals surface area contributed by atoms with Gasteiger partial charge in [0.15, 0.2) is 5.69 Å². The Balaban J connectivity index is 2.11. The Morgan fingerprint density at radius 2 is 2.12 bits per heavy atom. The van der Waals surface area contributed by atoms with Crippen molar-refractivity contribution in [1.29, 1.82) is 5.26 Å². The Morgan fingerprint density at radius 3 is 2.75 bits per heavy atom. The molecule has 4 nitrogen and oxygen atoms in total. The third-order valence-electron chi connectivity index (χ3n) is 3.05. The molecule has 0 bridgehead atoms. The molecule has 84 valence electrons. The van der Waals surface area contributed by atoms with Crippen molar-refractivity contribution in [2.24, 2.45) is 0 Å². The molecule has 16 heavy (non-hydrogen) atoms. The third kappa shape index (κ3) is 2.15. The molecule has 0 radical (unpaired) electrons. The van der Waals surface area contributed by atoms with E-state index in [4.69, 9.17) is 5.26 Å². The van der Waals surface area contributed by atoms with Crippen LogP contribution in [0.2, 0.25) is 0 Å². The van der Waals surface area contributed by atoms with E-state index in [1.165, 1.54) is 0 Å². The Labute approximate surface area is 96.1 Å². The molecule has 1 aliphatic heterocycles. The summed E-state index contributed by atoms with van der Waals surface area (Å²) in [6.45, 7) is 7.38. The van der Waals surface area contributed by atoms with E-state index in [0.29, 0.717) is 5.69 Å². The molecule has 0 spiro atoms. The molecule has 1 aliphatic rings. The maximum atomic E-state index is 9.00. The summed E-state index contributed by atoms with van der Waals surface area (Å²) in [4.78, 5) is 8.76. The van der Waals surface area contributed by atoms with Crippen molar-refractivity contribution in [3.63, 3.8) is 0 Å². The average molecular weight is 216 g/mol. The van der Waals surface area contributed by atoms with Crippen molar-refractivity contribution in [2.45, 2.75) is 6.92 Å². The lowest BCUT2D eigenvalue weighted by molar-refractivity contribution is 0.271. The minimum absolute atomic E-state index is 0.535. The van der Waals surface area contributed by atoms with Crippen molar-refractivity contribution in [3.05, 3.63) is 24.0 Å². The summed E-state index contributed by atoms with van der Waals surface area (Å²) in [5.41, 5.74) is 1.51. The van der Waals surface area contributed by atoms with E-state index >= 15 is 0 Å². The lowest BCUT2D eigenvalue weighted by Gasteiger charge is -2.35. The SMILES string of the molecule is CCN1CCN(c2cccnc2C#N)CC1. The molecule has 2 rings (SSSR count). The van der Waals surface area contributed by atoms with Crippen LogP contribution in [0.15, 0.2) is 18.3 Å². The predicted octanol–water partition coefficient (Wildman–Crippen LogP) is 1.10. The van der Waals surface area contributed by atoms with Gasteiger partial charge in [-0.25, -0.2) is 4.98 Å². The van der Waals surface area contributed by atoms with Gasteiger partial charge in [0.25, 0.3) is 0 Å². The molecule has 0 saturated carbocycles. The van der Waals surface area contributed by atoms with Gasteiger partial charge in [0.1, 0.15) is 6.07 Å². The zero-order chi connectivity index (χ0) is 11.4. The third-order valence-corrected chi connectivity index (χ3v) is 3.05. The van der Waals surface area contributed by atoms with Gasteiger partial charge in [-0.3, -0.25) is 0 Å². The first-order valence-electron chi connectivity index (χ1n) is 5.67. The van der Waals surface area contributed by atoms with Gasteiger partial charge < -0.3 is 9.80 Å². The second-order valence-electron chi connectivity index (χ2n) is 3.90. The van der Waals surface area contributed by atoms with Crippen molar-refractivity contribution < 1.29 is 0 Å². The number of nitriles is 1. The van der Waals surface area contributed by atoms with E-state index in [1.807, 2.05) is 12.1 Å². The maximum absolute atomic E-state index is 9.00. The minimum Gasteiger partial charge on any atom is -0.367 e. The average Bonchev–Trinajstić information content (AvgIpc) is 2.39. The van der Waals surface area contributed by atoms with Crippen LogP contribution in [-0.4, -0.2) is 42.6 Å². The van der Waals surface area contributed by atoms with E-state index in [1.54, 1.807) is 6.20 Å². The fraction of sp³-hybridized carbons (Fsp3) is 0.500. The highest BCUT2D eigenvalue weighted by molar-refractivity contribution is 5.55. The summed E-state index contributed by atoms with van der Waals surface area (Å²) in [6, 6.07) is 6.02. The lowest BCUT2D eigenvalue weighted by Crippen LogP contribution is -2.46. The molecule has 1 fully saturated rings. The largest absolute Gasteiger partial charge is 0.367 e. The molecule has 0 atom stereocenters. The van der Waals surface area contributed by atoms with E-state index in [0.717, 1.165) is 38.4 Å². The van der Waals surface area contributed by atoms with Crippen molar-refractivity contribution >= 4 is 5.69 Å². The quantitative estimate of drug-likeness (QED) is 0.742. The van der Waals surface area contributed by atoms with Crippen LogP contribution >= 0.6 is 0 Å². The maximum Gasteiger partial charge on any atom is 0.163 e. The number of pyridine rings is 1. The highest BCUT2D eigenvalue weighted by Gasteiger charge is 2.18. The lowest BCUT2D eigenvalue weighted by atomic mass is 10.2. The Hall–Kier alpha value is -1.60. The highest BCUT2D eigenvalue weighted by Crippen LogP contribution is 2.18. The standard InChI is InChI=1S/C12H16N4/c1-2-15-6-8-16(9-7-15)12-4-3-5-14-11(12)10-13/h3-5H,2,6-9H2,1H3. The molecule has 1 aromatic rings. The minimum atomic E-state index is 0.535. The zero-order valence-corrected chi connectivity index (χ0v) is 9.56. The van der Waals surface area contributed by atoms with Crippen LogP contribution in [0.4, 0.5) is 5.69 Å². The smallest absolute Gasteiger partial charge is 0.163 e. The van der Waals surface area contributed by atoms with Crippen LogP contribution in [0.3, 0.4) is 0 Å². The fourth-order valence-electron chi connectivity index (χ4n) is 2.04. The summed E-state index contributed by atoms with van der Waals surface area (Å²) in [7, 11) is 0. The normalized spacial score (nSPS) is 17.1. The molecule has 0 unspecified atom stereocenters. The van der Waals surface area contributed by atoms with Gasteiger partial charge in [0.05, 0.1) is 5.69 Å². The van der Waals surface area contributed by atoms with E-state index in [-0.39, 0.29) is 0 Å². The summed E-state index contributed by atoms with van der Waals surface area (Å²) >= 11 is 0. The number of rotatable bonds is 2. The first-order valence-corrected chi connectivity index (χ1v) is 5.67. The van der Waals surface area contributed by atoms with E-state index in [2.05, 4.69) is 27.8 Å². The first kappa shape index (κ1) is 10.9.